The highest BCUT2D eigenvalue weighted by atomic mass is 19.3. The summed E-state index contributed by atoms with van der Waals surface area (Å²) >= 11 is 0. The van der Waals surface area contributed by atoms with Crippen molar-refractivity contribution < 1.29 is 23.2 Å². The van der Waals surface area contributed by atoms with Gasteiger partial charge in [-0.1, -0.05) is 6.07 Å². The number of anilines is 1. The van der Waals surface area contributed by atoms with Gasteiger partial charge in [0.25, 0.3) is 0 Å². The van der Waals surface area contributed by atoms with E-state index >= 15 is 0 Å². The summed E-state index contributed by atoms with van der Waals surface area (Å²) in [5.41, 5.74) is 1.35. The molecule has 1 amide bonds. The molecule has 8 nitrogen and oxygen atoms in total. The Bertz CT molecular complexity index is 836. The lowest BCUT2D eigenvalue weighted by Gasteiger charge is -2.13. The Morgan fingerprint density at radius 3 is 2.65 bits per heavy atom. The van der Waals surface area contributed by atoms with Crippen molar-refractivity contribution in [3.05, 3.63) is 45.3 Å². The van der Waals surface area contributed by atoms with Crippen LogP contribution >= 0.6 is 0 Å². The third-order valence-electron chi connectivity index (χ3n) is 3.70. The second-order valence-electron chi connectivity index (χ2n) is 5.68. The van der Waals surface area contributed by atoms with Crippen LogP contribution in [0.1, 0.15) is 23.4 Å². The zero-order valence-electron chi connectivity index (χ0n) is 14.5. The van der Waals surface area contributed by atoms with Gasteiger partial charge in [0.2, 0.25) is 5.91 Å². The lowest BCUT2D eigenvalue weighted by molar-refractivity contribution is -0.386. The maximum Gasteiger partial charge on any atom is 0.387 e. The standard InChI is InChI=1S/C16H18F2N4O4/c1-9-4-5-12(13(8-9)26-16(17)18)19-14(23)6-7-21-11(3)15(22(24)25)10(2)20-21/h4-5,8,16H,6-7H2,1-3H3,(H,19,23). The van der Waals surface area contributed by atoms with Gasteiger partial charge in [0, 0.05) is 6.42 Å². The van der Waals surface area contributed by atoms with Gasteiger partial charge in [-0.05, 0) is 38.5 Å². The molecule has 0 fully saturated rings. The van der Waals surface area contributed by atoms with E-state index in [0.29, 0.717) is 11.3 Å². The number of nitrogens with one attached hydrogen (secondary N) is 1. The first-order valence-electron chi connectivity index (χ1n) is 7.72. The highest BCUT2D eigenvalue weighted by Gasteiger charge is 2.22. The van der Waals surface area contributed by atoms with Gasteiger partial charge < -0.3 is 10.1 Å². The van der Waals surface area contributed by atoms with E-state index in [1.54, 1.807) is 19.9 Å². The van der Waals surface area contributed by atoms with Gasteiger partial charge in [-0.25, -0.2) is 0 Å². The number of ether oxygens (including phenoxy) is 1. The highest BCUT2D eigenvalue weighted by Crippen LogP contribution is 2.27. The zero-order chi connectivity index (χ0) is 19.4. The summed E-state index contributed by atoms with van der Waals surface area (Å²) in [6.45, 7) is 1.87. The summed E-state index contributed by atoms with van der Waals surface area (Å²) in [4.78, 5) is 22.6. The van der Waals surface area contributed by atoms with E-state index in [0.717, 1.165) is 0 Å². The summed E-state index contributed by atoms with van der Waals surface area (Å²) in [7, 11) is 0. The molecule has 0 aliphatic heterocycles. The molecule has 0 radical (unpaired) electrons. The largest absolute Gasteiger partial charge is 0.433 e. The number of carbonyl (C=O) groups is 1. The Labute approximate surface area is 147 Å². The molecule has 1 N–H and O–H groups in total. The maximum absolute atomic E-state index is 12.5. The van der Waals surface area contributed by atoms with Gasteiger partial charge in [-0.3, -0.25) is 19.6 Å². The van der Waals surface area contributed by atoms with Crippen LogP contribution in [0, 0.1) is 30.9 Å². The predicted octanol–water partition coefficient (Wildman–Crippen LogP) is 3.35. The number of nitrogens with zero attached hydrogens (tertiary/aromatic N) is 3. The van der Waals surface area contributed by atoms with E-state index < -0.39 is 17.4 Å². The first-order valence-corrected chi connectivity index (χ1v) is 7.72. The lowest BCUT2D eigenvalue weighted by Crippen LogP contribution is -2.17. The van der Waals surface area contributed by atoms with Crippen molar-refractivity contribution in [1.82, 2.24) is 9.78 Å². The summed E-state index contributed by atoms with van der Waals surface area (Å²) < 4.78 is 30.8. The molecule has 140 valence electrons. The molecule has 0 aliphatic carbocycles. The lowest BCUT2D eigenvalue weighted by atomic mass is 10.2. The number of amides is 1. The quantitative estimate of drug-likeness (QED) is 0.597. The van der Waals surface area contributed by atoms with Crippen molar-refractivity contribution >= 4 is 17.3 Å². The van der Waals surface area contributed by atoms with Crippen molar-refractivity contribution in [2.45, 2.75) is 40.3 Å². The second-order valence-corrected chi connectivity index (χ2v) is 5.68. The molecule has 1 heterocycles. The number of benzene rings is 1. The number of hydrogen-bond acceptors (Lipinski definition) is 5. The summed E-state index contributed by atoms with van der Waals surface area (Å²) in [5, 5.41) is 17.5. The van der Waals surface area contributed by atoms with Crippen LogP contribution < -0.4 is 10.1 Å². The Hall–Kier alpha value is -3.04. The Kier molecular flexibility index (Phi) is 5.86. The second kappa shape index (κ2) is 7.89. The fourth-order valence-corrected chi connectivity index (χ4v) is 2.52. The van der Waals surface area contributed by atoms with Crippen molar-refractivity contribution in [1.29, 1.82) is 0 Å². The van der Waals surface area contributed by atoms with Gasteiger partial charge in [-0.2, -0.15) is 13.9 Å². The molecule has 10 heteroatoms. The van der Waals surface area contributed by atoms with Crippen molar-refractivity contribution in [2.75, 3.05) is 5.32 Å². The molecule has 26 heavy (non-hydrogen) atoms. The van der Waals surface area contributed by atoms with Gasteiger partial charge in [0.1, 0.15) is 17.1 Å². The van der Waals surface area contributed by atoms with Crippen molar-refractivity contribution in [2.24, 2.45) is 0 Å². The van der Waals surface area contributed by atoms with Crippen LogP contribution in [0.2, 0.25) is 0 Å². The third-order valence-corrected chi connectivity index (χ3v) is 3.70. The highest BCUT2D eigenvalue weighted by molar-refractivity contribution is 5.92. The molecule has 0 bridgehead atoms. The number of aryl methyl sites for hydroxylation is 3. The summed E-state index contributed by atoms with van der Waals surface area (Å²) in [6.07, 6.45) is -0.0406. The maximum atomic E-state index is 12.5. The first-order chi connectivity index (χ1) is 12.2. The molecular formula is C16H18F2N4O4. The molecule has 0 atom stereocenters. The SMILES string of the molecule is Cc1ccc(NC(=O)CCn2nc(C)c([N+](=O)[O-])c2C)c(OC(F)F)c1. The minimum absolute atomic E-state index is 0.0406. The fraction of sp³-hybridized carbons (Fsp3) is 0.375. The Morgan fingerprint density at radius 2 is 2.08 bits per heavy atom. The molecule has 1 aromatic heterocycles. The number of rotatable bonds is 7. The fourth-order valence-electron chi connectivity index (χ4n) is 2.52. The normalized spacial score (nSPS) is 10.8. The van der Waals surface area contributed by atoms with Crippen LogP contribution in [0.25, 0.3) is 0 Å². The minimum Gasteiger partial charge on any atom is -0.433 e. The number of nitro groups is 1. The van der Waals surface area contributed by atoms with Crippen LogP contribution in [-0.4, -0.2) is 27.2 Å². The molecule has 0 saturated heterocycles. The smallest absolute Gasteiger partial charge is 0.387 e. The van der Waals surface area contributed by atoms with Crippen LogP contribution in [0.15, 0.2) is 18.2 Å². The molecule has 2 rings (SSSR count). The van der Waals surface area contributed by atoms with E-state index in [9.17, 15) is 23.7 Å². The Balaban J connectivity index is 2.06. The number of aromatic nitrogens is 2. The molecule has 0 unspecified atom stereocenters. The third kappa shape index (κ3) is 4.52. The van der Waals surface area contributed by atoms with Gasteiger partial charge in [0.15, 0.2) is 0 Å². The Morgan fingerprint density at radius 1 is 1.38 bits per heavy atom. The van der Waals surface area contributed by atoms with Crippen LogP contribution in [0.4, 0.5) is 20.2 Å². The number of alkyl halides is 2. The zero-order valence-corrected chi connectivity index (χ0v) is 14.5. The van der Waals surface area contributed by atoms with Crippen LogP contribution in [-0.2, 0) is 11.3 Å². The average Bonchev–Trinajstić information content (AvgIpc) is 2.81. The van der Waals surface area contributed by atoms with Gasteiger partial charge in [0.05, 0.1) is 17.2 Å². The average molecular weight is 368 g/mol. The molecule has 0 saturated carbocycles. The van der Waals surface area contributed by atoms with E-state index in [1.807, 2.05) is 0 Å². The van der Waals surface area contributed by atoms with Crippen molar-refractivity contribution in [3.8, 4) is 5.75 Å². The van der Waals surface area contributed by atoms with Crippen molar-refractivity contribution in [3.63, 3.8) is 0 Å². The molecular weight excluding hydrogens is 350 g/mol. The molecule has 0 aliphatic rings. The van der Waals surface area contributed by atoms with E-state index in [1.165, 1.54) is 23.7 Å². The van der Waals surface area contributed by atoms with Crippen LogP contribution in [0.3, 0.4) is 0 Å². The first kappa shape index (κ1) is 19.3. The van der Waals surface area contributed by atoms with E-state index in [-0.39, 0.29) is 35.8 Å². The minimum atomic E-state index is -3.01. The van der Waals surface area contributed by atoms with Gasteiger partial charge in [-0.15, -0.1) is 0 Å². The van der Waals surface area contributed by atoms with E-state index in [4.69, 9.17) is 0 Å². The van der Waals surface area contributed by atoms with E-state index in [2.05, 4.69) is 15.2 Å². The molecule has 1 aromatic carbocycles. The number of halogens is 2. The summed E-state index contributed by atoms with van der Waals surface area (Å²) in [5.74, 6) is -0.585. The topological polar surface area (TPSA) is 99.3 Å². The predicted molar refractivity (Wildman–Crippen MR) is 89.4 cm³/mol. The molecule has 0 spiro atoms. The number of carbonyl (C=O) groups excluding carboxylic acids is 1. The monoisotopic (exact) mass is 368 g/mol. The van der Waals surface area contributed by atoms with Crippen LogP contribution in [0.5, 0.6) is 5.75 Å². The molecule has 2 aromatic rings. The van der Waals surface area contributed by atoms with Gasteiger partial charge >= 0.3 is 12.3 Å². The summed E-state index contributed by atoms with van der Waals surface area (Å²) in [6, 6.07) is 4.52. The number of hydrogen-bond donors (Lipinski definition) is 1.